The minimum atomic E-state index is -0.0307. The number of halogens is 1. The van der Waals surface area contributed by atoms with E-state index in [1.807, 2.05) is 25.2 Å². The van der Waals surface area contributed by atoms with E-state index in [2.05, 4.69) is 53.1 Å². The molecule has 1 heterocycles. The van der Waals surface area contributed by atoms with Gasteiger partial charge in [-0.3, -0.25) is 4.99 Å². The molecule has 1 aromatic carbocycles. The van der Waals surface area contributed by atoms with Crippen LogP contribution in [0, 0.1) is 0 Å². The lowest BCUT2D eigenvalue weighted by molar-refractivity contribution is 0.376. The molecule has 2 rings (SSSR count). The van der Waals surface area contributed by atoms with E-state index in [9.17, 15) is 0 Å². The Morgan fingerprint density at radius 3 is 2.46 bits per heavy atom. The number of hydrogen-bond acceptors (Lipinski definition) is 3. The minimum absolute atomic E-state index is 0. The summed E-state index contributed by atoms with van der Waals surface area (Å²) in [6, 6.07) is 10.3. The second-order valence-corrected chi connectivity index (χ2v) is 6.61. The average Bonchev–Trinajstić information content (AvgIpc) is 2.98. The van der Waals surface area contributed by atoms with Crippen LogP contribution in [0.1, 0.15) is 38.0 Å². The van der Waals surface area contributed by atoms with Crippen molar-refractivity contribution in [2.45, 2.75) is 39.3 Å². The molecule has 0 amide bonds. The van der Waals surface area contributed by atoms with Crippen molar-refractivity contribution in [3.05, 3.63) is 53.7 Å². The molecule has 132 valence electrons. The van der Waals surface area contributed by atoms with Gasteiger partial charge in [0.05, 0.1) is 12.7 Å². The summed E-state index contributed by atoms with van der Waals surface area (Å²) in [5.74, 6) is 2.37. The summed E-state index contributed by atoms with van der Waals surface area (Å²) < 4.78 is 5.79. The second-order valence-electron chi connectivity index (χ2n) is 6.61. The first-order valence-electron chi connectivity index (χ1n) is 7.81. The molecule has 1 N–H and O–H groups in total. The van der Waals surface area contributed by atoms with Crippen molar-refractivity contribution in [1.82, 2.24) is 15.2 Å². The molecule has 0 saturated carbocycles. The quantitative estimate of drug-likeness (QED) is 0.445. The number of rotatable bonds is 4. The number of hydrogen-bond donors (Lipinski definition) is 1. The van der Waals surface area contributed by atoms with Crippen LogP contribution in [0.5, 0.6) is 0 Å². The summed E-state index contributed by atoms with van der Waals surface area (Å²) in [6.07, 6.45) is 1.80. The van der Waals surface area contributed by atoms with E-state index in [0.717, 1.165) is 18.3 Å². The molecule has 0 radical (unpaired) electrons. The summed E-state index contributed by atoms with van der Waals surface area (Å²) in [7, 11) is 3.79. The fraction of sp³-hybridized carbons (Fsp3) is 0.444. The standard InChI is InChI=1S/C18H26N4O.HI/c1-18(2,3)15-11-20-16(23-15)12-21-17(19-4)22(5)13-14-9-7-6-8-10-14;/h6-11H,12-13H2,1-5H3,(H,19,21);1H. The Bertz CT molecular complexity index is 647. The molecule has 0 aliphatic heterocycles. The van der Waals surface area contributed by atoms with Crippen LogP contribution in [0.4, 0.5) is 0 Å². The molecule has 0 aliphatic carbocycles. The highest BCUT2D eigenvalue weighted by molar-refractivity contribution is 14.0. The Morgan fingerprint density at radius 1 is 1.25 bits per heavy atom. The zero-order chi connectivity index (χ0) is 16.9. The molecule has 0 aliphatic rings. The molecule has 1 aromatic heterocycles. The van der Waals surface area contributed by atoms with Gasteiger partial charge in [0.2, 0.25) is 5.89 Å². The molecule has 0 atom stereocenters. The zero-order valence-corrected chi connectivity index (χ0v) is 17.4. The van der Waals surface area contributed by atoms with Crippen molar-refractivity contribution in [1.29, 1.82) is 0 Å². The fourth-order valence-electron chi connectivity index (χ4n) is 2.21. The number of benzene rings is 1. The third-order valence-electron chi connectivity index (χ3n) is 3.53. The van der Waals surface area contributed by atoms with Crippen molar-refractivity contribution < 1.29 is 4.42 Å². The van der Waals surface area contributed by atoms with Crippen molar-refractivity contribution in [3.8, 4) is 0 Å². The molecule has 0 unspecified atom stereocenters. The largest absolute Gasteiger partial charge is 0.443 e. The summed E-state index contributed by atoms with van der Waals surface area (Å²) in [6.45, 7) is 7.63. The van der Waals surface area contributed by atoms with Gasteiger partial charge >= 0.3 is 0 Å². The van der Waals surface area contributed by atoms with Crippen molar-refractivity contribution in [3.63, 3.8) is 0 Å². The number of nitrogens with one attached hydrogen (secondary N) is 1. The van der Waals surface area contributed by atoms with Gasteiger partial charge in [-0.2, -0.15) is 0 Å². The number of nitrogens with zero attached hydrogens (tertiary/aromatic N) is 3. The van der Waals surface area contributed by atoms with E-state index in [0.29, 0.717) is 12.4 Å². The van der Waals surface area contributed by atoms with Crippen LogP contribution in [0.15, 0.2) is 45.9 Å². The van der Waals surface area contributed by atoms with Crippen LogP contribution in [0.2, 0.25) is 0 Å². The number of aliphatic imine (C=N–C) groups is 1. The predicted molar refractivity (Wildman–Crippen MR) is 109 cm³/mol. The summed E-state index contributed by atoms with van der Waals surface area (Å²) >= 11 is 0. The molecule has 0 fully saturated rings. The highest BCUT2D eigenvalue weighted by atomic mass is 127. The monoisotopic (exact) mass is 442 g/mol. The molecular weight excluding hydrogens is 415 g/mol. The van der Waals surface area contributed by atoms with Crippen molar-refractivity contribution in [2.75, 3.05) is 14.1 Å². The van der Waals surface area contributed by atoms with E-state index in [4.69, 9.17) is 4.42 Å². The topological polar surface area (TPSA) is 53.7 Å². The number of oxazole rings is 1. The van der Waals surface area contributed by atoms with E-state index in [1.54, 1.807) is 13.2 Å². The Balaban J connectivity index is 0.00000288. The smallest absolute Gasteiger partial charge is 0.213 e. The second kappa shape index (κ2) is 9.05. The van der Waals surface area contributed by atoms with Gasteiger partial charge in [-0.1, -0.05) is 51.1 Å². The Hall–Kier alpha value is -1.57. The maximum atomic E-state index is 5.79. The Morgan fingerprint density at radius 2 is 1.92 bits per heavy atom. The van der Waals surface area contributed by atoms with Gasteiger partial charge in [0.15, 0.2) is 5.96 Å². The van der Waals surface area contributed by atoms with Crippen molar-refractivity contribution in [2.24, 2.45) is 4.99 Å². The first-order chi connectivity index (χ1) is 10.9. The lowest BCUT2D eigenvalue weighted by Crippen LogP contribution is -2.38. The third-order valence-corrected chi connectivity index (χ3v) is 3.53. The van der Waals surface area contributed by atoms with Gasteiger partial charge in [0.1, 0.15) is 5.76 Å². The summed E-state index contributed by atoms with van der Waals surface area (Å²) in [5, 5.41) is 3.29. The van der Waals surface area contributed by atoms with Crippen LogP contribution in [-0.2, 0) is 18.5 Å². The predicted octanol–water partition coefficient (Wildman–Crippen LogP) is 3.80. The molecule has 0 saturated heterocycles. The zero-order valence-electron chi connectivity index (χ0n) is 15.0. The highest BCUT2D eigenvalue weighted by Crippen LogP contribution is 2.22. The van der Waals surface area contributed by atoms with Gasteiger partial charge in [-0.05, 0) is 5.56 Å². The maximum absolute atomic E-state index is 5.79. The van der Waals surface area contributed by atoms with Gasteiger partial charge < -0.3 is 14.6 Å². The van der Waals surface area contributed by atoms with Crippen LogP contribution in [-0.4, -0.2) is 29.9 Å². The van der Waals surface area contributed by atoms with E-state index in [1.165, 1.54) is 5.56 Å². The minimum Gasteiger partial charge on any atom is -0.443 e. The average molecular weight is 442 g/mol. The molecule has 5 nitrogen and oxygen atoms in total. The van der Waals surface area contributed by atoms with Gasteiger partial charge in [-0.25, -0.2) is 4.98 Å². The SMILES string of the molecule is CN=C(NCc1ncc(C(C)(C)C)o1)N(C)Cc1ccccc1.I. The molecular formula is C18H27IN4O. The molecule has 0 bridgehead atoms. The van der Waals surface area contributed by atoms with E-state index < -0.39 is 0 Å². The van der Waals surface area contributed by atoms with E-state index >= 15 is 0 Å². The molecule has 2 aromatic rings. The molecule has 24 heavy (non-hydrogen) atoms. The van der Waals surface area contributed by atoms with Crippen LogP contribution >= 0.6 is 24.0 Å². The fourth-order valence-corrected chi connectivity index (χ4v) is 2.21. The van der Waals surface area contributed by atoms with Crippen LogP contribution < -0.4 is 5.32 Å². The Kier molecular flexibility index (Phi) is 7.72. The molecule has 0 spiro atoms. The third kappa shape index (κ3) is 5.81. The number of aromatic nitrogens is 1. The Labute approximate surface area is 161 Å². The van der Waals surface area contributed by atoms with E-state index in [-0.39, 0.29) is 29.4 Å². The van der Waals surface area contributed by atoms with Crippen LogP contribution in [0.25, 0.3) is 0 Å². The lowest BCUT2D eigenvalue weighted by atomic mass is 9.94. The van der Waals surface area contributed by atoms with Gasteiger partial charge in [-0.15, -0.1) is 24.0 Å². The first-order valence-corrected chi connectivity index (χ1v) is 7.81. The maximum Gasteiger partial charge on any atom is 0.213 e. The summed E-state index contributed by atoms with van der Waals surface area (Å²) in [4.78, 5) is 10.7. The molecule has 6 heteroatoms. The highest BCUT2D eigenvalue weighted by Gasteiger charge is 2.19. The van der Waals surface area contributed by atoms with Crippen LogP contribution in [0.3, 0.4) is 0 Å². The summed E-state index contributed by atoms with van der Waals surface area (Å²) in [5.41, 5.74) is 1.21. The lowest BCUT2D eigenvalue weighted by Gasteiger charge is -2.21. The van der Waals surface area contributed by atoms with Gasteiger partial charge in [0.25, 0.3) is 0 Å². The normalized spacial score (nSPS) is 11.8. The first kappa shape index (κ1) is 20.5. The van der Waals surface area contributed by atoms with Gasteiger partial charge in [0, 0.05) is 26.1 Å². The van der Waals surface area contributed by atoms with Crippen molar-refractivity contribution >= 4 is 29.9 Å². The number of guanidine groups is 1.